The van der Waals surface area contributed by atoms with E-state index in [1.165, 1.54) is 30.5 Å². The number of phenols is 1. The topological polar surface area (TPSA) is 102 Å². The lowest BCUT2D eigenvalue weighted by Crippen LogP contribution is -2.16. The number of fused-ring (bicyclic) bond motifs is 1. The van der Waals surface area contributed by atoms with Gasteiger partial charge in [-0.15, -0.1) is 0 Å². The van der Waals surface area contributed by atoms with Gasteiger partial charge in [0.2, 0.25) is 5.88 Å². The Morgan fingerprint density at radius 2 is 1.79 bits per heavy atom. The molecule has 0 unspecified atom stereocenters. The quantitative estimate of drug-likeness (QED) is 0.404. The van der Waals surface area contributed by atoms with Crippen LogP contribution in [0.1, 0.15) is 34.9 Å². The number of aromatic nitrogens is 2. The number of rotatable bonds is 5. The first-order chi connectivity index (χ1) is 16.5. The molecule has 0 atom stereocenters. The van der Waals surface area contributed by atoms with Crippen molar-refractivity contribution >= 4 is 16.7 Å². The Balaban J connectivity index is 1.70. The lowest BCUT2D eigenvalue weighted by Gasteiger charge is -2.25. The highest BCUT2D eigenvalue weighted by Gasteiger charge is 2.25. The average molecular weight is 460 g/mol. The van der Waals surface area contributed by atoms with Crippen molar-refractivity contribution in [2.24, 2.45) is 0 Å². The summed E-state index contributed by atoms with van der Waals surface area (Å²) in [6.07, 6.45) is 2.87. The highest BCUT2D eigenvalue weighted by atomic mass is 19.1. The van der Waals surface area contributed by atoms with Gasteiger partial charge in [-0.05, 0) is 66.3 Å². The minimum Gasteiger partial charge on any atom is -0.508 e. The van der Waals surface area contributed by atoms with Crippen LogP contribution in [0, 0.1) is 5.82 Å². The standard InChI is InChI=1S/C26H21FN2O5/c27-17-3-1-15(2-4-17)23-20-7-5-18(30)13-21(20)25(29-24(23)16-9-11-33-12-10-16)34-19-6-8-22(26(31)32)28-14-19/h1-8,13-14,16,30H,9-12H2,(H,31,32). The molecule has 8 heteroatoms. The van der Waals surface area contributed by atoms with Crippen LogP contribution in [0.2, 0.25) is 0 Å². The van der Waals surface area contributed by atoms with Gasteiger partial charge in [-0.1, -0.05) is 12.1 Å². The monoisotopic (exact) mass is 460 g/mol. The van der Waals surface area contributed by atoms with E-state index >= 15 is 0 Å². The van der Waals surface area contributed by atoms with E-state index in [0.29, 0.717) is 24.3 Å². The van der Waals surface area contributed by atoms with Gasteiger partial charge in [0, 0.05) is 30.1 Å². The highest BCUT2D eigenvalue weighted by molar-refractivity contribution is 6.01. The largest absolute Gasteiger partial charge is 0.508 e. The number of aromatic hydroxyl groups is 1. The number of carboxylic acids is 1. The van der Waals surface area contributed by atoms with E-state index < -0.39 is 5.97 Å². The third kappa shape index (κ3) is 4.27. The number of halogens is 1. The summed E-state index contributed by atoms with van der Waals surface area (Å²) in [5, 5.41) is 20.7. The van der Waals surface area contributed by atoms with Crippen LogP contribution >= 0.6 is 0 Å². The summed E-state index contributed by atoms with van der Waals surface area (Å²) < 4.78 is 25.3. The lowest BCUT2D eigenvalue weighted by molar-refractivity contribution is 0.0690. The maximum absolute atomic E-state index is 13.7. The Hall–Kier alpha value is -4.04. The fourth-order valence-electron chi connectivity index (χ4n) is 4.23. The van der Waals surface area contributed by atoms with Gasteiger partial charge < -0.3 is 19.7 Å². The van der Waals surface area contributed by atoms with Crippen LogP contribution in [0.4, 0.5) is 4.39 Å². The van der Waals surface area contributed by atoms with Crippen molar-refractivity contribution in [1.29, 1.82) is 0 Å². The molecular weight excluding hydrogens is 439 g/mol. The molecule has 2 N–H and O–H groups in total. The molecule has 0 amide bonds. The minimum atomic E-state index is -1.13. The summed E-state index contributed by atoms with van der Waals surface area (Å²) in [5.41, 5.74) is 2.37. The van der Waals surface area contributed by atoms with Crippen LogP contribution in [-0.2, 0) is 4.74 Å². The maximum Gasteiger partial charge on any atom is 0.354 e. The molecule has 0 radical (unpaired) electrons. The molecule has 1 aliphatic rings. The van der Waals surface area contributed by atoms with Crippen molar-refractivity contribution in [3.8, 4) is 28.5 Å². The number of carboxylic acid groups (broad SMARTS) is 1. The molecule has 0 spiro atoms. The summed E-state index contributed by atoms with van der Waals surface area (Å²) in [5.74, 6) is -0.740. The maximum atomic E-state index is 13.7. The molecule has 34 heavy (non-hydrogen) atoms. The molecule has 0 bridgehead atoms. The zero-order chi connectivity index (χ0) is 23.7. The molecular formula is C26H21FN2O5. The number of phenolic OH excluding ortho intramolecular Hbond substituents is 1. The van der Waals surface area contributed by atoms with E-state index in [0.717, 1.165) is 35.0 Å². The SMILES string of the molecule is O=C(O)c1ccc(Oc2nc(C3CCOCC3)c(-c3ccc(F)cc3)c3ccc(O)cc23)cn1. The molecule has 1 saturated heterocycles. The van der Waals surface area contributed by atoms with E-state index in [1.54, 1.807) is 30.3 Å². The van der Waals surface area contributed by atoms with Gasteiger partial charge in [0.1, 0.15) is 23.0 Å². The molecule has 0 aliphatic carbocycles. The summed E-state index contributed by atoms with van der Waals surface area (Å²) in [6.45, 7) is 1.22. The molecule has 5 rings (SSSR count). The summed E-state index contributed by atoms with van der Waals surface area (Å²) >= 11 is 0. The van der Waals surface area contributed by atoms with E-state index in [1.807, 2.05) is 0 Å². The first kappa shape index (κ1) is 21.8. The predicted molar refractivity (Wildman–Crippen MR) is 123 cm³/mol. The molecule has 1 aliphatic heterocycles. The van der Waals surface area contributed by atoms with Crippen LogP contribution in [0.25, 0.3) is 21.9 Å². The van der Waals surface area contributed by atoms with Crippen LogP contribution < -0.4 is 4.74 Å². The third-order valence-electron chi connectivity index (χ3n) is 5.89. The fourth-order valence-corrected chi connectivity index (χ4v) is 4.23. The van der Waals surface area contributed by atoms with Gasteiger partial charge in [0.05, 0.1) is 11.9 Å². The Morgan fingerprint density at radius 3 is 2.47 bits per heavy atom. The number of ether oxygens (including phenoxy) is 2. The number of carbonyl (C=O) groups is 1. The Kier molecular flexibility index (Phi) is 5.81. The summed E-state index contributed by atoms with van der Waals surface area (Å²) in [4.78, 5) is 19.9. The molecule has 2 aromatic carbocycles. The normalized spacial score (nSPS) is 14.3. The number of hydrogen-bond donors (Lipinski definition) is 2. The lowest BCUT2D eigenvalue weighted by atomic mass is 9.87. The van der Waals surface area contributed by atoms with Gasteiger partial charge in [-0.3, -0.25) is 0 Å². The first-order valence-electron chi connectivity index (χ1n) is 10.9. The van der Waals surface area contributed by atoms with Gasteiger partial charge in [0.15, 0.2) is 0 Å². The number of aromatic carboxylic acids is 1. The summed E-state index contributed by atoms with van der Waals surface area (Å²) in [6, 6.07) is 14.1. The van der Waals surface area contributed by atoms with Crippen LogP contribution in [0.15, 0.2) is 60.8 Å². The zero-order valence-electron chi connectivity index (χ0n) is 18.1. The minimum absolute atomic E-state index is 0.0439. The van der Waals surface area contributed by atoms with E-state index in [2.05, 4.69) is 4.98 Å². The Morgan fingerprint density at radius 1 is 1.03 bits per heavy atom. The van der Waals surface area contributed by atoms with E-state index in [4.69, 9.17) is 19.6 Å². The second-order valence-corrected chi connectivity index (χ2v) is 8.09. The van der Waals surface area contributed by atoms with Crippen molar-refractivity contribution in [3.05, 3.63) is 78.0 Å². The molecule has 2 aromatic heterocycles. The van der Waals surface area contributed by atoms with Crippen molar-refractivity contribution < 1.29 is 28.9 Å². The number of pyridine rings is 2. The molecule has 3 heterocycles. The van der Waals surface area contributed by atoms with Gasteiger partial charge in [0.25, 0.3) is 0 Å². The molecule has 4 aromatic rings. The van der Waals surface area contributed by atoms with Gasteiger partial charge in [-0.2, -0.15) is 0 Å². The number of benzene rings is 2. The second kappa shape index (κ2) is 9.07. The van der Waals surface area contributed by atoms with Crippen molar-refractivity contribution in [3.63, 3.8) is 0 Å². The highest BCUT2D eigenvalue weighted by Crippen LogP contribution is 2.43. The smallest absolute Gasteiger partial charge is 0.354 e. The van der Waals surface area contributed by atoms with E-state index in [9.17, 15) is 14.3 Å². The van der Waals surface area contributed by atoms with Crippen LogP contribution in [-0.4, -0.2) is 39.4 Å². The Bertz CT molecular complexity index is 1350. The first-order valence-corrected chi connectivity index (χ1v) is 10.9. The number of nitrogens with zero attached hydrogens (tertiary/aromatic N) is 2. The predicted octanol–water partition coefficient (Wildman–Crippen LogP) is 5.53. The molecule has 7 nitrogen and oxygen atoms in total. The second-order valence-electron chi connectivity index (χ2n) is 8.09. The Labute approximate surface area is 194 Å². The third-order valence-corrected chi connectivity index (χ3v) is 5.89. The van der Waals surface area contributed by atoms with Crippen molar-refractivity contribution in [2.75, 3.05) is 13.2 Å². The summed E-state index contributed by atoms with van der Waals surface area (Å²) in [7, 11) is 0. The number of hydrogen-bond acceptors (Lipinski definition) is 6. The fraction of sp³-hybridized carbons (Fsp3) is 0.192. The molecule has 0 saturated carbocycles. The van der Waals surface area contributed by atoms with Crippen LogP contribution in [0.5, 0.6) is 17.4 Å². The van der Waals surface area contributed by atoms with Crippen LogP contribution in [0.3, 0.4) is 0 Å². The zero-order valence-corrected chi connectivity index (χ0v) is 18.1. The average Bonchev–Trinajstić information content (AvgIpc) is 2.85. The van der Waals surface area contributed by atoms with Crippen molar-refractivity contribution in [1.82, 2.24) is 9.97 Å². The van der Waals surface area contributed by atoms with Gasteiger partial charge in [-0.25, -0.2) is 19.2 Å². The van der Waals surface area contributed by atoms with E-state index in [-0.39, 0.29) is 29.1 Å². The van der Waals surface area contributed by atoms with Crippen molar-refractivity contribution in [2.45, 2.75) is 18.8 Å². The molecule has 172 valence electrons. The van der Waals surface area contributed by atoms with Gasteiger partial charge >= 0.3 is 5.97 Å². The molecule has 1 fully saturated rings.